The molecule has 14 nitrogen and oxygen atoms in total. The van der Waals surface area contributed by atoms with Gasteiger partial charge in [0, 0.05) is 92.2 Å². The van der Waals surface area contributed by atoms with Gasteiger partial charge in [-0.15, -0.1) is 10.2 Å². The van der Waals surface area contributed by atoms with Crippen molar-refractivity contribution in [1.82, 2.24) is 29.9 Å². The Morgan fingerprint density at radius 1 is 0.918 bits per heavy atom. The Morgan fingerprint density at radius 2 is 1.67 bits per heavy atom. The Balaban J connectivity index is 0.770. The molecule has 4 aliphatic heterocycles. The van der Waals surface area contributed by atoms with E-state index < -0.39 is 0 Å². The molecule has 0 bridgehead atoms. The largest absolute Gasteiger partial charge is 0.507 e. The second-order valence-corrected chi connectivity index (χ2v) is 17.3. The number of fused-ring (bicyclic) bond motifs is 1. The molecule has 0 unspecified atom stereocenters. The standard InChI is InChI=1S/C47H55N9O5/c1-29-26-56(40-13-12-36(24-38(29)40)54-23-18-44(58)49-47(54)60)35-16-19-52(20-17-35)27-32-14-21-53(22-15-32)46(59)34-10-8-33(9-11-34)43-28-55(30(2)31(3)61-43)41-25-39(50-51-45(41)48)37-6-4-5-7-42(37)57/h4-13,24-26,30-32,35,43,57H,14-23,27-28H2,1-3H3,(H2,48,51)(H,49,58,60)/t30-,31+,43+/m0/s1. The number of carbonyl (C=O) groups is 3. The predicted molar refractivity (Wildman–Crippen MR) is 236 cm³/mol. The molecule has 0 aliphatic carbocycles. The van der Waals surface area contributed by atoms with Gasteiger partial charge in [-0.05, 0) is 112 Å². The van der Waals surface area contributed by atoms with Crippen LogP contribution in [-0.2, 0) is 9.53 Å². The van der Waals surface area contributed by atoms with E-state index in [1.807, 2.05) is 53.4 Å². The summed E-state index contributed by atoms with van der Waals surface area (Å²) >= 11 is 0. The Kier molecular flexibility index (Phi) is 11.1. The van der Waals surface area contributed by atoms with E-state index in [0.717, 1.165) is 80.7 Å². The summed E-state index contributed by atoms with van der Waals surface area (Å²) in [6.07, 6.45) is 6.35. The SMILES string of the molecule is Cc1cn(C2CCN(CC3CCN(C(=O)c4ccc([C@H]5CN(c6cc(-c7ccccc7O)nnc6N)[C@@H](C)[C@@H](C)O5)cc4)CC3)CC2)c2ccc(N3CCC(=O)NC3=O)cc12. The smallest absolute Gasteiger partial charge is 0.328 e. The fourth-order valence-corrected chi connectivity index (χ4v) is 9.74. The number of urea groups is 1. The molecule has 61 heavy (non-hydrogen) atoms. The van der Waals surface area contributed by atoms with E-state index in [1.54, 1.807) is 17.0 Å². The number of ether oxygens (including phenoxy) is 1. The quantitative estimate of drug-likeness (QED) is 0.154. The third-order valence-corrected chi connectivity index (χ3v) is 13.5. The second-order valence-electron chi connectivity index (χ2n) is 17.3. The van der Waals surface area contributed by atoms with Gasteiger partial charge >= 0.3 is 6.03 Å². The van der Waals surface area contributed by atoms with Crippen molar-refractivity contribution in [2.24, 2.45) is 5.92 Å². The van der Waals surface area contributed by atoms with Crippen molar-refractivity contribution >= 4 is 45.9 Å². The zero-order valence-corrected chi connectivity index (χ0v) is 35.2. The number of morpholine rings is 1. The number of amides is 4. The number of nitrogen functional groups attached to an aromatic ring is 1. The number of carbonyl (C=O) groups excluding carboxylic acids is 3. The van der Waals surface area contributed by atoms with Crippen LogP contribution in [0.25, 0.3) is 22.2 Å². The zero-order chi connectivity index (χ0) is 42.4. The van der Waals surface area contributed by atoms with Gasteiger partial charge in [-0.25, -0.2) is 4.79 Å². The van der Waals surface area contributed by atoms with E-state index in [-0.39, 0.29) is 41.8 Å². The van der Waals surface area contributed by atoms with Crippen molar-refractivity contribution in [1.29, 1.82) is 0 Å². The van der Waals surface area contributed by atoms with Crippen LogP contribution in [0.3, 0.4) is 0 Å². The lowest BCUT2D eigenvalue weighted by atomic mass is 9.94. The minimum atomic E-state index is -0.360. The van der Waals surface area contributed by atoms with Crippen LogP contribution in [0.2, 0.25) is 0 Å². The molecule has 9 rings (SSSR count). The first-order valence-corrected chi connectivity index (χ1v) is 21.7. The minimum Gasteiger partial charge on any atom is -0.507 e. The number of hydrogen-bond acceptors (Lipinski definition) is 10. The summed E-state index contributed by atoms with van der Waals surface area (Å²) in [5.41, 5.74) is 13.1. The normalized spacial score (nSPS) is 22.2. The number of aryl methyl sites for hydroxylation is 1. The number of imide groups is 1. The number of aromatic nitrogens is 3. The lowest BCUT2D eigenvalue weighted by Crippen LogP contribution is -2.50. The molecule has 4 aliphatic rings. The Labute approximate surface area is 356 Å². The highest BCUT2D eigenvalue weighted by Gasteiger charge is 2.35. The highest BCUT2D eigenvalue weighted by atomic mass is 16.5. The maximum absolute atomic E-state index is 13.7. The number of nitrogens with zero attached hydrogens (tertiary/aromatic N) is 7. The molecular weight excluding hydrogens is 771 g/mol. The summed E-state index contributed by atoms with van der Waals surface area (Å²) in [7, 11) is 0. The number of likely N-dealkylation sites (tertiary alicyclic amines) is 2. The van der Waals surface area contributed by atoms with Crippen LogP contribution in [0.15, 0.2) is 79.0 Å². The molecule has 2 aromatic heterocycles. The van der Waals surface area contributed by atoms with Gasteiger partial charge in [0.25, 0.3) is 5.91 Å². The van der Waals surface area contributed by atoms with Gasteiger partial charge in [0.05, 0.1) is 23.5 Å². The fourth-order valence-electron chi connectivity index (χ4n) is 9.74. The van der Waals surface area contributed by atoms with E-state index in [0.29, 0.717) is 54.1 Å². The summed E-state index contributed by atoms with van der Waals surface area (Å²) in [6.45, 7) is 11.9. The fraction of sp³-hybridized carbons (Fsp3) is 0.426. The monoisotopic (exact) mass is 825 g/mol. The van der Waals surface area contributed by atoms with Crippen LogP contribution in [-0.4, -0.2) is 105 Å². The van der Waals surface area contributed by atoms with E-state index in [1.165, 1.54) is 11.1 Å². The number of anilines is 3. The van der Waals surface area contributed by atoms with Gasteiger partial charge in [0.15, 0.2) is 5.82 Å². The first kappa shape index (κ1) is 40.4. The number of nitrogens with two attached hydrogens (primary N) is 1. The van der Waals surface area contributed by atoms with Crippen molar-refractivity contribution < 1.29 is 24.2 Å². The van der Waals surface area contributed by atoms with Crippen LogP contribution in [0.5, 0.6) is 5.75 Å². The number of phenolic OH excluding ortho intramolecular Hbond substituents is 1. The predicted octanol–water partition coefficient (Wildman–Crippen LogP) is 6.69. The summed E-state index contributed by atoms with van der Waals surface area (Å²) in [6, 6.07) is 23.0. The topological polar surface area (TPSA) is 162 Å². The molecule has 0 saturated carbocycles. The van der Waals surface area contributed by atoms with Gasteiger partial charge in [0.2, 0.25) is 5.91 Å². The number of para-hydroxylation sites is 1. The van der Waals surface area contributed by atoms with Gasteiger partial charge in [-0.3, -0.25) is 19.8 Å². The van der Waals surface area contributed by atoms with Crippen LogP contribution < -0.4 is 20.9 Å². The Hall–Kier alpha value is -5.99. The molecule has 318 valence electrons. The summed E-state index contributed by atoms with van der Waals surface area (Å²) in [5.74, 6) is 0.851. The van der Waals surface area contributed by atoms with Gasteiger partial charge < -0.3 is 34.8 Å². The Morgan fingerprint density at radius 3 is 2.41 bits per heavy atom. The molecule has 4 N–H and O–H groups in total. The number of piperidine rings is 2. The number of aromatic hydroxyl groups is 1. The molecular formula is C47H55N9O5. The Bertz CT molecular complexity index is 2440. The second kappa shape index (κ2) is 16.8. The third kappa shape index (κ3) is 8.14. The minimum absolute atomic E-state index is 0.00881. The van der Waals surface area contributed by atoms with Crippen molar-refractivity contribution in [2.45, 2.75) is 77.2 Å². The van der Waals surface area contributed by atoms with Crippen molar-refractivity contribution in [3.63, 3.8) is 0 Å². The van der Waals surface area contributed by atoms with Crippen LogP contribution in [0.1, 0.15) is 79.6 Å². The van der Waals surface area contributed by atoms with E-state index in [2.05, 4.69) is 69.0 Å². The average Bonchev–Trinajstić information content (AvgIpc) is 3.60. The zero-order valence-electron chi connectivity index (χ0n) is 35.2. The molecule has 4 saturated heterocycles. The maximum Gasteiger partial charge on any atom is 0.328 e. The average molecular weight is 826 g/mol. The summed E-state index contributed by atoms with van der Waals surface area (Å²) < 4.78 is 8.92. The highest BCUT2D eigenvalue weighted by Crippen LogP contribution is 2.38. The molecule has 4 fully saturated rings. The molecule has 5 aromatic rings. The number of hydrogen-bond donors (Lipinski definition) is 3. The maximum atomic E-state index is 13.7. The summed E-state index contributed by atoms with van der Waals surface area (Å²) in [4.78, 5) is 46.3. The highest BCUT2D eigenvalue weighted by molar-refractivity contribution is 6.06. The summed E-state index contributed by atoms with van der Waals surface area (Å²) in [5, 5.41) is 22.5. The molecule has 4 amide bonds. The van der Waals surface area contributed by atoms with Gasteiger partial charge in [-0.1, -0.05) is 24.3 Å². The third-order valence-electron chi connectivity index (χ3n) is 13.5. The number of nitrogens with one attached hydrogen (secondary N) is 1. The number of benzene rings is 3. The van der Waals surface area contributed by atoms with Crippen LogP contribution >= 0.6 is 0 Å². The van der Waals surface area contributed by atoms with Crippen molar-refractivity contribution in [3.05, 3.63) is 95.7 Å². The van der Waals surface area contributed by atoms with Crippen LogP contribution in [0, 0.1) is 12.8 Å². The molecule has 3 atom stereocenters. The molecule has 0 spiro atoms. The molecule has 0 radical (unpaired) electrons. The van der Waals surface area contributed by atoms with E-state index >= 15 is 0 Å². The van der Waals surface area contributed by atoms with Gasteiger partial charge in [0.1, 0.15) is 11.9 Å². The first-order valence-electron chi connectivity index (χ1n) is 21.7. The lowest BCUT2D eigenvalue weighted by molar-refractivity contribution is -0.120. The van der Waals surface area contributed by atoms with Gasteiger partial charge in [-0.2, -0.15) is 0 Å². The van der Waals surface area contributed by atoms with E-state index in [4.69, 9.17) is 10.5 Å². The first-order chi connectivity index (χ1) is 29.5. The molecule has 14 heteroatoms. The lowest BCUT2D eigenvalue weighted by Gasteiger charge is -2.43. The van der Waals surface area contributed by atoms with Crippen molar-refractivity contribution in [3.8, 4) is 17.0 Å². The molecule has 6 heterocycles. The molecule has 3 aromatic carbocycles. The van der Waals surface area contributed by atoms with Crippen LogP contribution in [0.4, 0.5) is 22.0 Å². The van der Waals surface area contributed by atoms with Crippen molar-refractivity contribution in [2.75, 3.05) is 61.3 Å². The van der Waals surface area contributed by atoms with E-state index in [9.17, 15) is 19.5 Å². The number of phenols is 1. The number of rotatable bonds is 8.